The zero-order valence-electron chi connectivity index (χ0n) is 16.6. The lowest BCUT2D eigenvalue weighted by Crippen LogP contribution is -2.33. The third-order valence-corrected chi connectivity index (χ3v) is 6.02. The highest BCUT2D eigenvalue weighted by atomic mass is 35.5. The molecule has 0 atom stereocenters. The Labute approximate surface area is 184 Å². The Bertz CT molecular complexity index is 1170. The van der Waals surface area contributed by atoms with Crippen molar-refractivity contribution in [3.63, 3.8) is 0 Å². The van der Waals surface area contributed by atoms with Crippen LogP contribution >= 0.6 is 23.2 Å². The number of benzene rings is 2. The summed E-state index contributed by atoms with van der Waals surface area (Å²) in [5.74, 6) is -0.200. The molecule has 1 heterocycles. The maximum absolute atomic E-state index is 12.6. The van der Waals surface area contributed by atoms with Crippen LogP contribution in [0.3, 0.4) is 0 Å². The van der Waals surface area contributed by atoms with Crippen LogP contribution in [0, 0.1) is 0 Å². The van der Waals surface area contributed by atoms with Crippen LogP contribution in [-0.4, -0.2) is 23.9 Å². The number of carbonyl (C=O) groups is 1. The van der Waals surface area contributed by atoms with Crippen LogP contribution in [-0.2, 0) is 24.2 Å². The monoisotopic (exact) mass is 444 g/mol. The van der Waals surface area contributed by atoms with Crippen LogP contribution < -0.4 is 10.9 Å². The number of fused-ring (bicyclic) bond motifs is 2. The molecule has 1 amide bonds. The first-order valence-electron chi connectivity index (χ1n) is 9.98. The van der Waals surface area contributed by atoms with Crippen LogP contribution in [0.15, 0.2) is 45.6 Å². The topological polar surface area (TPSA) is 62.6 Å². The minimum Gasteiger partial charge on any atom is -0.423 e. The molecule has 0 saturated carbocycles. The fraction of sp³-hybridized carbons (Fsp3) is 0.304. The van der Waals surface area contributed by atoms with E-state index in [1.807, 2.05) is 17.9 Å². The van der Waals surface area contributed by atoms with Gasteiger partial charge in [0.1, 0.15) is 5.58 Å². The van der Waals surface area contributed by atoms with Gasteiger partial charge in [-0.15, -0.1) is 0 Å². The van der Waals surface area contributed by atoms with E-state index in [0.717, 1.165) is 30.2 Å². The van der Waals surface area contributed by atoms with Crippen LogP contribution in [0.2, 0.25) is 10.0 Å². The smallest absolute Gasteiger partial charge is 0.336 e. The third kappa shape index (κ3) is 4.53. The first kappa shape index (κ1) is 20.9. The van der Waals surface area contributed by atoms with Crippen molar-refractivity contribution < 1.29 is 9.21 Å². The maximum atomic E-state index is 12.6. The van der Waals surface area contributed by atoms with E-state index in [1.165, 1.54) is 17.2 Å². The summed E-state index contributed by atoms with van der Waals surface area (Å²) in [6.45, 7) is 3.24. The van der Waals surface area contributed by atoms with E-state index in [0.29, 0.717) is 34.4 Å². The van der Waals surface area contributed by atoms with Crippen molar-refractivity contribution in [2.45, 2.75) is 32.7 Å². The molecule has 30 heavy (non-hydrogen) atoms. The number of nitrogens with zero attached hydrogens (tertiary/aromatic N) is 1. The summed E-state index contributed by atoms with van der Waals surface area (Å²) in [5, 5.41) is 4.67. The van der Waals surface area contributed by atoms with E-state index in [-0.39, 0.29) is 18.1 Å². The number of halogens is 2. The second-order valence-electron chi connectivity index (χ2n) is 7.54. The van der Waals surface area contributed by atoms with Gasteiger partial charge in [-0.1, -0.05) is 30.1 Å². The molecule has 7 heteroatoms. The molecule has 1 aliphatic rings. The molecule has 0 bridgehead atoms. The fourth-order valence-electron chi connectivity index (χ4n) is 3.93. The number of aryl methyl sites for hydroxylation is 2. The molecular formula is C23H22Cl2N2O3. The fourth-order valence-corrected chi connectivity index (χ4v) is 4.27. The third-order valence-electron chi connectivity index (χ3n) is 5.45. The van der Waals surface area contributed by atoms with Crippen molar-refractivity contribution in [2.75, 3.05) is 18.4 Å². The second kappa shape index (κ2) is 8.80. The Hall–Kier alpha value is -2.34. The van der Waals surface area contributed by atoms with Crippen LogP contribution in [0.4, 0.5) is 5.69 Å². The van der Waals surface area contributed by atoms with Gasteiger partial charge in [-0.05, 0) is 72.8 Å². The van der Waals surface area contributed by atoms with Gasteiger partial charge in [-0.25, -0.2) is 4.79 Å². The van der Waals surface area contributed by atoms with E-state index in [2.05, 4.69) is 11.4 Å². The molecule has 1 aliphatic carbocycles. The van der Waals surface area contributed by atoms with Gasteiger partial charge >= 0.3 is 5.63 Å². The normalized spacial score (nSPS) is 13.1. The number of likely N-dealkylation sites (N-methyl/N-ethyl adjacent to an activating group) is 1. The minimum absolute atomic E-state index is 0.159. The summed E-state index contributed by atoms with van der Waals surface area (Å²) < 4.78 is 5.45. The van der Waals surface area contributed by atoms with Crippen molar-refractivity contribution in [1.29, 1.82) is 0 Å². The van der Waals surface area contributed by atoms with Gasteiger partial charge in [0, 0.05) is 23.0 Å². The molecule has 0 aliphatic heterocycles. The molecule has 0 spiro atoms. The maximum Gasteiger partial charge on any atom is 0.336 e. The first-order chi connectivity index (χ1) is 14.4. The molecule has 0 saturated heterocycles. The van der Waals surface area contributed by atoms with Crippen LogP contribution in [0.25, 0.3) is 11.0 Å². The Kier molecular flexibility index (Phi) is 6.14. The molecule has 0 fully saturated rings. The van der Waals surface area contributed by atoms with E-state index in [9.17, 15) is 9.59 Å². The SMILES string of the molecule is CCN(CC(=O)Nc1cc(Cl)ccc1Cl)Cc1cc(=O)oc2cc3c(cc12)CCC3. The van der Waals surface area contributed by atoms with Gasteiger partial charge in [0.05, 0.1) is 17.3 Å². The second-order valence-corrected chi connectivity index (χ2v) is 8.38. The molecule has 1 N–H and O–H groups in total. The Morgan fingerprint density at radius 1 is 1.13 bits per heavy atom. The molecule has 0 unspecified atom stereocenters. The van der Waals surface area contributed by atoms with Crippen LogP contribution in [0.1, 0.15) is 30.0 Å². The quantitative estimate of drug-likeness (QED) is 0.540. The summed E-state index contributed by atoms with van der Waals surface area (Å²) in [7, 11) is 0. The number of hydrogen-bond acceptors (Lipinski definition) is 4. The van der Waals surface area contributed by atoms with E-state index in [1.54, 1.807) is 18.2 Å². The largest absolute Gasteiger partial charge is 0.423 e. The van der Waals surface area contributed by atoms with Crippen LogP contribution in [0.5, 0.6) is 0 Å². The number of rotatable bonds is 6. The number of anilines is 1. The predicted octanol–water partition coefficient (Wildman–Crippen LogP) is 5.05. The van der Waals surface area contributed by atoms with E-state index in [4.69, 9.17) is 27.6 Å². The molecular weight excluding hydrogens is 423 g/mol. The Morgan fingerprint density at radius 3 is 2.67 bits per heavy atom. The van der Waals surface area contributed by atoms with Crippen molar-refractivity contribution in [1.82, 2.24) is 4.90 Å². The number of carbonyl (C=O) groups excluding carboxylic acids is 1. The van der Waals surface area contributed by atoms with Gasteiger partial charge in [0.2, 0.25) is 5.91 Å². The van der Waals surface area contributed by atoms with Gasteiger partial charge in [0.25, 0.3) is 0 Å². The van der Waals surface area contributed by atoms with Crippen molar-refractivity contribution in [2.24, 2.45) is 0 Å². The highest BCUT2D eigenvalue weighted by Crippen LogP contribution is 2.29. The van der Waals surface area contributed by atoms with Gasteiger partial charge in [-0.3, -0.25) is 9.69 Å². The molecule has 5 nitrogen and oxygen atoms in total. The summed E-state index contributed by atoms with van der Waals surface area (Å²) >= 11 is 12.1. The highest BCUT2D eigenvalue weighted by Gasteiger charge is 2.17. The van der Waals surface area contributed by atoms with E-state index >= 15 is 0 Å². The average Bonchev–Trinajstić information content (AvgIpc) is 3.16. The van der Waals surface area contributed by atoms with Crippen molar-refractivity contribution in [3.05, 3.63) is 73.6 Å². The summed E-state index contributed by atoms with van der Waals surface area (Å²) in [4.78, 5) is 26.7. The molecule has 2 aromatic carbocycles. The number of hydrogen-bond donors (Lipinski definition) is 1. The average molecular weight is 445 g/mol. The minimum atomic E-state index is -0.373. The standard InChI is InChI=1S/C23H22Cl2N2O3/c1-2-27(13-22(28)26-20-11-17(24)6-7-19(20)25)12-16-10-23(29)30-21-9-15-5-3-4-14(15)8-18(16)21/h6-11H,2-5,12-13H2,1H3,(H,26,28). The zero-order valence-corrected chi connectivity index (χ0v) is 18.1. The van der Waals surface area contributed by atoms with Crippen molar-refractivity contribution >= 4 is 45.8 Å². The lowest BCUT2D eigenvalue weighted by molar-refractivity contribution is -0.117. The number of nitrogens with one attached hydrogen (secondary N) is 1. The first-order valence-corrected chi connectivity index (χ1v) is 10.7. The lowest BCUT2D eigenvalue weighted by Gasteiger charge is -2.21. The van der Waals surface area contributed by atoms with Gasteiger partial charge < -0.3 is 9.73 Å². The molecule has 0 radical (unpaired) electrons. The van der Waals surface area contributed by atoms with Gasteiger partial charge in [0.15, 0.2) is 0 Å². The number of amides is 1. The summed E-state index contributed by atoms with van der Waals surface area (Å²) in [6, 6.07) is 10.6. The summed E-state index contributed by atoms with van der Waals surface area (Å²) in [6.07, 6.45) is 3.19. The Morgan fingerprint density at radius 2 is 1.90 bits per heavy atom. The molecule has 1 aromatic heterocycles. The Balaban J connectivity index is 1.55. The van der Waals surface area contributed by atoms with Gasteiger partial charge in [-0.2, -0.15) is 0 Å². The van der Waals surface area contributed by atoms with Crippen molar-refractivity contribution in [3.8, 4) is 0 Å². The summed E-state index contributed by atoms with van der Waals surface area (Å²) in [5.41, 5.74) is 4.16. The predicted molar refractivity (Wildman–Crippen MR) is 121 cm³/mol. The zero-order chi connectivity index (χ0) is 21.3. The molecule has 3 aromatic rings. The molecule has 4 rings (SSSR count). The molecule has 156 valence electrons. The highest BCUT2D eigenvalue weighted by molar-refractivity contribution is 6.35. The lowest BCUT2D eigenvalue weighted by atomic mass is 10.0. The van der Waals surface area contributed by atoms with E-state index < -0.39 is 0 Å².